The summed E-state index contributed by atoms with van der Waals surface area (Å²) in [5.41, 5.74) is 2.50. The number of thiophene rings is 1. The normalized spacial score (nSPS) is 21.1. The molecule has 3 aromatic rings. The van der Waals surface area contributed by atoms with E-state index in [4.69, 9.17) is 28.4 Å². The van der Waals surface area contributed by atoms with Gasteiger partial charge in [-0.1, -0.05) is 74.7 Å². The van der Waals surface area contributed by atoms with E-state index in [1.165, 1.54) is 30.5 Å². The second kappa shape index (κ2) is 13.6. The first kappa shape index (κ1) is 31.0. The molecule has 2 fully saturated rings. The van der Waals surface area contributed by atoms with E-state index in [2.05, 4.69) is 74.7 Å². The summed E-state index contributed by atoms with van der Waals surface area (Å²) in [6.45, 7) is 13.6. The zero-order valence-electron chi connectivity index (χ0n) is 26.1. The van der Waals surface area contributed by atoms with Gasteiger partial charge < -0.3 is 28.4 Å². The van der Waals surface area contributed by atoms with Crippen molar-refractivity contribution in [3.63, 3.8) is 0 Å². The molecule has 0 aliphatic carbocycles. The molecule has 0 bridgehead atoms. The van der Waals surface area contributed by atoms with Crippen molar-refractivity contribution < 1.29 is 28.4 Å². The lowest BCUT2D eigenvalue weighted by atomic mass is 10.2. The van der Waals surface area contributed by atoms with E-state index in [9.17, 15) is 0 Å². The van der Waals surface area contributed by atoms with E-state index >= 15 is 0 Å². The molecule has 3 aliphatic heterocycles. The summed E-state index contributed by atoms with van der Waals surface area (Å²) in [5, 5.41) is 2.77. The van der Waals surface area contributed by atoms with Gasteiger partial charge in [-0.2, -0.15) is 0 Å². The zero-order valence-corrected chi connectivity index (χ0v) is 28.9. The topological polar surface area (TPSA) is 55.4 Å². The highest BCUT2D eigenvalue weighted by atomic mass is 32.1. The van der Waals surface area contributed by atoms with Crippen LogP contribution in [0.4, 0.5) is 0 Å². The van der Waals surface area contributed by atoms with Gasteiger partial charge in [0.1, 0.15) is 29.4 Å². The van der Waals surface area contributed by atoms with Gasteiger partial charge in [-0.25, -0.2) is 0 Å². The van der Waals surface area contributed by atoms with E-state index in [1.807, 2.05) is 11.3 Å². The third-order valence-corrected chi connectivity index (χ3v) is 19.9. The molecule has 2 unspecified atom stereocenters. The summed E-state index contributed by atoms with van der Waals surface area (Å²) in [7, 11) is -4.41. The van der Waals surface area contributed by atoms with Gasteiger partial charge in [0.05, 0.1) is 13.2 Å². The molecule has 1 aromatic heterocycles. The Balaban J connectivity index is 1.32. The average Bonchev–Trinajstić information content (AvgIpc) is 3.46. The Hall–Kier alpha value is -1.99. The minimum atomic E-state index is -2.20. The Morgan fingerprint density at radius 3 is 1.49 bits per heavy atom. The van der Waals surface area contributed by atoms with Gasteiger partial charge in [0, 0.05) is 22.2 Å². The third kappa shape index (κ3) is 6.68. The fourth-order valence-corrected chi connectivity index (χ4v) is 15.8. The molecule has 0 saturated carbocycles. The van der Waals surface area contributed by atoms with Gasteiger partial charge in [0.2, 0.25) is 0 Å². The van der Waals surface area contributed by atoms with Crippen LogP contribution in [-0.2, 0) is 32.2 Å². The van der Waals surface area contributed by atoms with E-state index in [-0.39, 0.29) is 12.6 Å². The minimum absolute atomic E-state index is 0.107. The molecule has 6 nitrogen and oxygen atoms in total. The minimum Gasteiger partial charge on any atom is -0.485 e. The van der Waals surface area contributed by atoms with Gasteiger partial charge in [-0.15, -0.1) is 11.3 Å². The average molecular weight is 639 g/mol. The van der Waals surface area contributed by atoms with Crippen LogP contribution in [0.3, 0.4) is 0 Å². The van der Waals surface area contributed by atoms with Crippen LogP contribution in [-0.4, -0.2) is 55.2 Å². The third-order valence-electron chi connectivity index (χ3n) is 9.04. The van der Waals surface area contributed by atoms with Crippen molar-refractivity contribution in [3.05, 3.63) is 59.7 Å². The molecule has 3 aliphatic rings. The maximum absolute atomic E-state index is 6.48. The SMILES string of the molecule is C[Si](C)(c1ccccc1COC1CCCCO1)c1sc([Si](C)(C)c2ccccc2COC2CCCCO2)c2c1OCCO2. The second-order valence-corrected chi connectivity index (χ2v) is 23.2. The Morgan fingerprint density at radius 2 is 1.07 bits per heavy atom. The Bertz CT molecular complexity index is 1270. The van der Waals surface area contributed by atoms with Crippen LogP contribution in [0.1, 0.15) is 49.7 Å². The predicted octanol–water partition coefficient (Wildman–Crippen LogP) is 5.25. The van der Waals surface area contributed by atoms with Gasteiger partial charge in [0.15, 0.2) is 24.1 Å². The van der Waals surface area contributed by atoms with Crippen molar-refractivity contribution >= 4 is 46.9 Å². The van der Waals surface area contributed by atoms with Gasteiger partial charge >= 0.3 is 0 Å². The van der Waals surface area contributed by atoms with Gasteiger partial charge in [0.25, 0.3) is 0 Å². The van der Waals surface area contributed by atoms with Crippen LogP contribution in [0, 0.1) is 0 Å². The maximum atomic E-state index is 6.48. The highest BCUT2D eigenvalue weighted by molar-refractivity contribution is 7.39. The zero-order chi connectivity index (χ0) is 29.9. The second-order valence-electron chi connectivity index (χ2n) is 12.9. The fourth-order valence-electron chi connectivity index (χ4n) is 6.58. The number of hydrogen-bond donors (Lipinski definition) is 0. The summed E-state index contributed by atoms with van der Waals surface area (Å²) in [6.07, 6.45) is 6.29. The Morgan fingerprint density at radius 1 is 0.628 bits per heavy atom. The molecule has 2 atom stereocenters. The Labute approximate surface area is 262 Å². The van der Waals surface area contributed by atoms with Gasteiger partial charge in [-0.05, 0) is 60.0 Å². The van der Waals surface area contributed by atoms with Crippen LogP contribution in [0.2, 0.25) is 26.2 Å². The number of ether oxygens (including phenoxy) is 6. The molecule has 0 spiro atoms. The molecule has 2 saturated heterocycles. The molecule has 0 amide bonds. The van der Waals surface area contributed by atoms with Crippen molar-refractivity contribution in [3.8, 4) is 11.5 Å². The molecular weight excluding hydrogens is 593 g/mol. The first-order valence-electron chi connectivity index (χ1n) is 15.9. The molecule has 0 N–H and O–H groups in total. The van der Waals surface area contributed by atoms with Crippen molar-refractivity contribution in [2.45, 2.75) is 90.5 Å². The van der Waals surface area contributed by atoms with E-state index in [1.54, 1.807) is 0 Å². The van der Waals surface area contributed by atoms with Crippen molar-refractivity contribution in [2.24, 2.45) is 0 Å². The van der Waals surface area contributed by atoms with Crippen LogP contribution in [0.15, 0.2) is 48.5 Å². The summed E-state index contributed by atoms with van der Waals surface area (Å²) < 4.78 is 40.0. The summed E-state index contributed by atoms with van der Waals surface area (Å²) in [6, 6.07) is 17.6. The lowest BCUT2D eigenvalue weighted by Crippen LogP contribution is -2.55. The molecule has 0 radical (unpaired) electrons. The van der Waals surface area contributed by atoms with Crippen LogP contribution in [0.25, 0.3) is 0 Å². The molecule has 2 aromatic carbocycles. The maximum Gasteiger partial charge on any atom is 0.171 e. The van der Waals surface area contributed by atoms with Crippen molar-refractivity contribution in [1.82, 2.24) is 0 Å². The standard InChI is InChI=1S/C34H46O6SSi2/c1-42(2,27-15-7-5-13-25(27)23-39-29-17-9-11-19-35-29)33-31-32(38-22-21-37-31)34(41-33)43(3,4)28-16-8-6-14-26(28)24-40-30-18-10-12-20-36-30/h5-8,13-16,29-30H,9-12,17-24H2,1-4H3. The largest absolute Gasteiger partial charge is 0.485 e. The number of rotatable bonds is 10. The highest BCUT2D eigenvalue weighted by Crippen LogP contribution is 2.36. The molecule has 6 rings (SSSR count). The van der Waals surface area contributed by atoms with Crippen LogP contribution in [0.5, 0.6) is 11.5 Å². The molecule has 4 heterocycles. The van der Waals surface area contributed by atoms with E-state index in [0.29, 0.717) is 26.4 Å². The molecule has 232 valence electrons. The number of benzene rings is 2. The van der Waals surface area contributed by atoms with Crippen LogP contribution >= 0.6 is 11.3 Å². The highest BCUT2D eigenvalue weighted by Gasteiger charge is 2.43. The Kier molecular flexibility index (Phi) is 9.78. The molecule has 9 heteroatoms. The van der Waals surface area contributed by atoms with Crippen molar-refractivity contribution in [1.29, 1.82) is 0 Å². The van der Waals surface area contributed by atoms with Gasteiger partial charge in [-0.3, -0.25) is 0 Å². The number of hydrogen-bond acceptors (Lipinski definition) is 7. The summed E-state index contributed by atoms with van der Waals surface area (Å²) >= 11 is 1.93. The van der Waals surface area contributed by atoms with Crippen LogP contribution < -0.4 is 28.8 Å². The monoisotopic (exact) mass is 638 g/mol. The lowest BCUT2D eigenvalue weighted by molar-refractivity contribution is -0.169. The van der Waals surface area contributed by atoms with Crippen molar-refractivity contribution in [2.75, 3.05) is 26.4 Å². The smallest absolute Gasteiger partial charge is 0.171 e. The molecule has 43 heavy (non-hydrogen) atoms. The van der Waals surface area contributed by atoms with E-state index in [0.717, 1.165) is 63.2 Å². The number of fused-ring (bicyclic) bond motifs is 1. The first-order chi connectivity index (χ1) is 20.9. The first-order valence-corrected chi connectivity index (χ1v) is 22.7. The van der Waals surface area contributed by atoms with E-state index < -0.39 is 16.1 Å². The summed E-state index contributed by atoms with van der Waals surface area (Å²) in [5.74, 6) is 1.94. The summed E-state index contributed by atoms with van der Waals surface area (Å²) in [4.78, 5) is 0. The lowest BCUT2D eigenvalue weighted by Gasteiger charge is -2.28. The quantitative estimate of drug-likeness (QED) is 0.283. The molecular formula is C34H46O6SSi2. The fraction of sp³-hybridized carbons (Fsp3) is 0.529. The predicted molar refractivity (Wildman–Crippen MR) is 178 cm³/mol.